The predicted octanol–water partition coefficient (Wildman–Crippen LogP) is 2.90. The van der Waals surface area contributed by atoms with E-state index >= 15 is 0 Å². The van der Waals surface area contributed by atoms with E-state index in [1.165, 1.54) is 4.90 Å². The first-order valence-electron chi connectivity index (χ1n) is 10.0. The summed E-state index contributed by atoms with van der Waals surface area (Å²) in [5.41, 5.74) is 3.02. The maximum absolute atomic E-state index is 13.6. The van der Waals surface area contributed by atoms with Crippen molar-refractivity contribution >= 4 is 29.5 Å². The van der Waals surface area contributed by atoms with Crippen LogP contribution in [0.5, 0.6) is 0 Å². The number of Topliss-reactive ketones (excluding diaryl/α,β-unsaturated/α-hetero) is 1. The molecule has 0 saturated carbocycles. The predicted molar refractivity (Wildman–Crippen MR) is 113 cm³/mol. The second kappa shape index (κ2) is 6.76. The van der Waals surface area contributed by atoms with Gasteiger partial charge in [-0.1, -0.05) is 54.1 Å². The van der Waals surface area contributed by atoms with Crippen molar-refractivity contribution < 1.29 is 14.4 Å². The van der Waals surface area contributed by atoms with Gasteiger partial charge in [0.2, 0.25) is 11.8 Å². The fraction of sp³-hybridized carbons (Fsp3) is 0.250. The van der Waals surface area contributed by atoms with Crippen molar-refractivity contribution in [2.45, 2.75) is 25.9 Å². The number of allylic oxidation sites excluding steroid dienone is 1. The van der Waals surface area contributed by atoms with Crippen molar-refractivity contribution in [1.29, 1.82) is 0 Å². The highest BCUT2D eigenvalue weighted by atomic mass is 16.2. The molecule has 0 aliphatic carbocycles. The van der Waals surface area contributed by atoms with E-state index in [1.54, 1.807) is 41.6 Å². The highest BCUT2D eigenvalue weighted by Gasteiger charge is 2.64. The van der Waals surface area contributed by atoms with Gasteiger partial charge in [0.1, 0.15) is 6.04 Å². The summed E-state index contributed by atoms with van der Waals surface area (Å²) in [6, 6.07) is 13.3. The van der Waals surface area contributed by atoms with Gasteiger partial charge in [0.25, 0.3) is 0 Å². The van der Waals surface area contributed by atoms with Crippen molar-refractivity contribution in [2.75, 3.05) is 4.90 Å². The Bertz CT molecular complexity index is 1120. The zero-order chi connectivity index (χ0) is 21.0. The summed E-state index contributed by atoms with van der Waals surface area (Å²) in [7, 11) is 0. The number of rotatable bonds is 3. The molecule has 2 saturated heterocycles. The number of anilines is 1. The Morgan fingerprint density at radius 2 is 1.70 bits per heavy atom. The van der Waals surface area contributed by atoms with Gasteiger partial charge in [0, 0.05) is 11.8 Å². The van der Waals surface area contributed by atoms with Crippen LogP contribution < -0.4 is 4.90 Å². The van der Waals surface area contributed by atoms with Gasteiger partial charge in [-0.25, -0.2) is 4.90 Å². The molecule has 0 bridgehead atoms. The van der Waals surface area contributed by atoms with Gasteiger partial charge >= 0.3 is 0 Å². The number of nitrogens with zero attached hydrogens (tertiary/aromatic N) is 3. The number of imide groups is 1. The van der Waals surface area contributed by atoms with Crippen molar-refractivity contribution in [3.63, 3.8) is 0 Å². The second-order valence-electron chi connectivity index (χ2n) is 8.05. The second-order valence-corrected chi connectivity index (χ2v) is 8.05. The van der Waals surface area contributed by atoms with Gasteiger partial charge in [0.15, 0.2) is 5.78 Å². The molecular formula is C24H21N3O3. The zero-order valence-corrected chi connectivity index (χ0v) is 16.7. The molecule has 0 N–H and O–H groups in total. The monoisotopic (exact) mass is 399 g/mol. The molecule has 3 heterocycles. The van der Waals surface area contributed by atoms with Crippen LogP contribution in [0.25, 0.3) is 0 Å². The van der Waals surface area contributed by atoms with Gasteiger partial charge in [-0.2, -0.15) is 5.10 Å². The average molecular weight is 399 g/mol. The maximum atomic E-state index is 13.6. The third-order valence-corrected chi connectivity index (χ3v) is 6.21. The smallest absolute Gasteiger partial charge is 0.240 e. The first-order valence-corrected chi connectivity index (χ1v) is 10.0. The largest absolute Gasteiger partial charge is 0.292 e. The fourth-order valence-electron chi connectivity index (χ4n) is 4.90. The van der Waals surface area contributed by atoms with E-state index in [9.17, 15) is 14.4 Å². The molecule has 5 rings (SSSR count). The minimum Gasteiger partial charge on any atom is -0.292 e. The molecule has 2 aromatic rings. The van der Waals surface area contributed by atoms with Crippen molar-refractivity contribution in [2.24, 2.45) is 16.9 Å². The first kappa shape index (κ1) is 18.5. The molecule has 3 aliphatic heterocycles. The van der Waals surface area contributed by atoms with Gasteiger partial charge in [-0.15, -0.1) is 0 Å². The number of carbonyl (C=O) groups excluding carboxylic acids is 3. The lowest BCUT2D eigenvalue weighted by molar-refractivity contribution is -0.123. The number of amides is 2. The van der Waals surface area contributed by atoms with Crippen LogP contribution in [0.15, 0.2) is 65.8 Å². The van der Waals surface area contributed by atoms with Crippen LogP contribution in [0, 0.1) is 25.7 Å². The molecule has 2 amide bonds. The Hall–Kier alpha value is -3.54. The van der Waals surface area contributed by atoms with Crippen LogP contribution in [0.2, 0.25) is 0 Å². The summed E-state index contributed by atoms with van der Waals surface area (Å²) < 4.78 is 0. The molecule has 30 heavy (non-hydrogen) atoms. The summed E-state index contributed by atoms with van der Waals surface area (Å²) in [5, 5.41) is 6.01. The van der Waals surface area contributed by atoms with Crippen LogP contribution in [0.4, 0.5) is 5.69 Å². The number of hydrogen-bond acceptors (Lipinski definition) is 5. The summed E-state index contributed by atoms with van der Waals surface area (Å²) in [6.45, 7) is 3.86. The third-order valence-electron chi connectivity index (χ3n) is 6.21. The fourth-order valence-corrected chi connectivity index (χ4v) is 4.90. The summed E-state index contributed by atoms with van der Waals surface area (Å²) in [5.74, 6) is -2.19. The normalized spacial score (nSPS) is 26.9. The summed E-state index contributed by atoms with van der Waals surface area (Å²) in [4.78, 5) is 41.8. The standard InChI is InChI=1S/C24H21N3O3/c1-14-10-11-17(15(2)13-14)26-23(29)19-18-9-6-12-25-27(18)21(20(19)24(26)30)22(28)16-7-4-3-5-8-16/h3-13,18-21H,1-2H3/t18-,19+,20+,21+/m1/s1. The van der Waals surface area contributed by atoms with E-state index in [0.717, 1.165) is 11.1 Å². The minimum atomic E-state index is -0.809. The number of carbonyl (C=O) groups is 3. The first-order chi connectivity index (χ1) is 14.5. The molecule has 0 spiro atoms. The Morgan fingerprint density at radius 1 is 0.967 bits per heavy atom. The molecule has 2 fully saturated rings. The Kier molecular flexibility index (Phi) is 4.17. The molecule has 150 valence electrons. The van der Waals surface area contributed by atoms with Crippen molar-refractivity contribution in [1.82, 2.24) is 5.01 Å². The van der Waals surface area contributed by atoms with Crippen LogP contribution in [-0.4, -0.2) is 40.9 Å². The number of fused-ring (bicyclic) bond motifs is 3. The third kappa shape index (κ3) is 2.56. The average Bonchev–Trinajstić information content (AvgIpc) is 3.22. The van der Waals surface area contributed by atoms with Gasteiger partial charge in [-0.05, 0) is 31.6 Å². The van der Waals surface area contributed by atoms with Crippen LogP contribution in [0.1, 0.15) is 21.5 Å². The van der Waals surface area contributed by atoms with E-state index < -0.39 is 23.9 Å². The van der Waals surface area contributed by atoms with Crippen molar-refractivity contribution in [3.05, 3.63) is 77.4 Å². The van der Waals surface area contributed by atoms with E-state index in [0.29, 0.717) is 11.3 Å². The molecule has 6 nitrogen and oxygen atoms in total. The number of benzene rings is 2. The van der Waals surface area contributed by atoms with E-state index in [-0.39, 0.29) is 17.6 Å². The lowest BCUT2D eigenvalue weighted by Gasteiger charge is -2.30. The molecule has 0 radical (unpaired) electrons. The quantitative estimate of drug-likeness (QED) is 0.588. The zero-order valence-electron chi connectivity index (χ0n) is 16.7. The van der Waals surface area contributed by atoms with Gasteiger partial charge < -0.3 is 0 Å². The Morgan fingerprint density at radius 3 is 2.43 bits per heavy atom. The van der Waals surface area contributed by atoms with Crippen LogP contribution in [0.3, 0.4) is 0 Å². The molecule has 6 heteroatoms. The highest BCUT2D eigenvalue weighted by Crippen LogP contribution is 2.46. The number of hydrazone groups is 1. The van der Waals surface area contributed by atoms with E-state index in [2.05, 4.69) is 5.10 Å². The minimum absolute atomic E-state index is 0.191. The number of ketones is 1. The Labute approximate surface area is 174 Å². The molecule has 0 aromatic heterocycles. The van der Waals surface area contributed by atoms with Gasteiger partial charge in [-0.3, -0.25) is 19.4 Å². The summed E-state index contributed by atoms with van der Waals surface area (Å²) >= 11 is 0. The number of aryl methyl sites for hydroxylation is 2. The van der Waals surface area contributed by atoms with Crippen molar-refractivity contribution in [3.8, 4) is 0 Å². The van der Waals surface area contributed by atoms with Gasteiger partial charge in [0.05, 0.1) is 23.6 Å². The molecule has 2 aromatic carbocycles. The molecule has 3 aliphatic rings. The van der Waals surface area contributed by atoms with E-state index in [4.69, 9.17) is 0 Å². The van der Waals surface area contributed by atoms with E-state index in [1.807, 2.05) is 44.2 Å². The maximum Gasteiger partial charge on any atom is 0.240 e. The number of hydrogen-bond donors (Lipinski definition) is 0. The summed E-state index contributed by atoms with van der Waals surface area (Å²) in [6.07, 6.45) is 5.23. The lowest BCUT2D eigenvalue weighted by atomic mass is 9.86. The highest BCUT2D eigenvalue weighted by molar-refractivity contribution is 6.25. The van der Waals surface area contributed by atoms with Crippen LogP contribution in [-0.2, 0) is 9.59 Å². The Balaban J connectivity index is 1.60. The topological polar surface area (TPSA) is 70.1 Å². The lowest BCUT2D eigenvalue weighted by Crippen LogP contribution is -2.46. The SMILES string of the molecule is Cc1ccc(N2C(=O)[C@@H]3[C@H](C2=O)[C@@H](C(=O)c2ccccc2)N2N=CC=C[C@H]32)c(C)c1. The molecule has 4 atom stereocenters. The molecule has 0 unspecified atom stereocenters. The van der Waals surface area contributed by atoms with Crippen LogP contribution >= 0.6 is 0 Å². The molecular weight excluding hydrogens is 378 g/mol.